The van der Waals surface area contributed by atoms with E-state index in [0.717, 1.165) is 32.6 Å². The number of anilines is 1. The summed E-state index contributed by atoms with van der Waals surface area (Å²) in [6, 6.07) is 7.72. The number of nitrogens with one attached hydrogen (secondary N) is 1. The summed E-state index contributed by atoms with van der Waals surface area (Å²) >= 11 is 3.14. The van der Waals surface area contributed by atoms with Crippen LogP contribution in [-0.4, -0.2) is 20.3 Å². The molecule has 4 aromatic rings. The van der Waals surface area contributed by atoms with E-state index in [1.165, 1.54) is 11.3 Å². The number of aromatic nitrogens is 3. The average Bonchev–Trinajstić information content (AvgIpc) is 3.23. The summed E-state index contributed by atoms with van der Waals surface area (Å²) in [5.74, 6) is -0.157. The lowest BCUT2D eigenvalue weighted by molar-refractivity contribution is 0.102. The molecular weight excluding hydrogens is 340 g/mol. The molecule has 3 heterocycles. The van der Waals surface area contributed by atoms with Crippen LogP contribution in [0, 0.1) is 13.8 Å². The van der Waals surface area contributed by atoms with E-state index in [9.17, 15) is 4.79 Å². The van der Waals surface area contributed by atoms with Crippen LogP contribution < -0.4 is 5.32 Å². The highest BCUT2D eigenvalue weighted by atomic mass is 32.1. The quantitative estimate of drug-likeness (QED) is 0.594. The SMILES string of the molecule is Cc1nc(-c2ccc(NC(=O)c3c(C)nc4sccn34)cc2)cs1. The molecule has 0 saturated carbocycles. The van der Waals surface area contributed by atoms with Gasteiger partial charge in [0.1, 0.15) is 5.69 Å². The lowest BCUT2D eigenvalue weighted by Crippen LogP contribution is -2.15. The maximum atomic E-state index is 12.6. The van der Waals surface area contributed by atoms with Gasteiger partial charge in [-0.05, 0) is 26.0 Å². The van der Waals surface area contributed by atoms with Crippen LogP contribution >= 0.6 is 22.7 Å². The van der Waals surface area contributed by atoms with Crippen LogP contribution in [-0.2, 0) is 0 Å². The van der Waals surface area contributed by atoms with E-state index in [0.29, 0.717) is 5.69 Å². The van der Waals surface area contributed by atoms with Crippen molar-refractivity contribution in [3.8, 4) is 11.3 Å². The molecule has 0 unspecified atom stereocenters. The van der Waals surface area contributed by atoms with Gasteiger partial charge in [-0.1, -0.05) is 12.1 Å². The zero-order valence-corrected chi connectivity index (χ0v) is 14.7. The highest BCUT2D eigenvalue weighted by Gasteiger charge is 2.17. The topological polar surface area (TPSA) is 59.3 Å². The van der Waals surface area contributed by atoms with Gasteiger partial charge in [0.05, 0.1) is 16.4 Å². The highest BCUT2D eigenvalue weighted by molar-refractivity contribution is 7.15. The molecule has 0 fully saturated rings. The van der Waals surface area contributed by atoms with Crippen molar-refractivity contribution >= 4 is 39.2 Å². The molecule has 0 aliphatic carbocycles. The van der Waals surface area contributed by atoms with Gasteiger partial charge in [0.15, 0.2) is 4.96 Å². The molecule has 0 spiro atoms. The molecule has 24 heavy (non-hydrogen) atoms. The fourth-order valence-corrected chi connectivity index (χ4v) is 3.96. The molecule has 0 aliphatic rings. The number of hydrogen-bond donors (Lipinski definition) is 1. The largest absolute Gasteiger partial charge is 0.321 e. The number of carbonyl (C=O) groups excluding carboxylic acids is 1. The van der Waals surface area contributed by atoms with E-state index in [-0.39, 0.29) is 5.91 Å². The fraction of sp³-hybridized carbons (Fsp3) is 0.118. The van der Waals surface area contributed by atoms with Crippen molar-refractivity contribution in [1.82, 2.24) is 14.4 Å². The first kappa shape index (κ1) is 15.0. The first-order chi connectivity index (χ1) is 11.6. The molecule has 0 radical (unpaired) electrons. The second-order valence-electron chi connectivity index (χ2n) is 5.38. The first-order valence-electron chi connectivity index (χ1n) is 7.38. The zero-order valence-electron chi connectivity index (χ0n) is 13.1. The zero-order chi connectivity index (χ0) is 16.7. The van der Waals surface area contributed by atoms with Crippen LogP contribution in [0.15, 0.2) is 41.2 Å². The summed E-state index contributed by atoms with van der Waals surface area (Å²) in [4.78, 5) is 22.3. The lowest BCUT2D eigenvalue weighted by atomic mass is 10.1. The Balaban J connectivity index is 1.58. The predicted molar refractivity (Wildman–Crippen MR) is 98.0 cm³/mol. The van der Waals surface area contributed by atoms with Crippen LogP contribution in [0.1, 0.15) is 21.2 Å². The number of imidazole rings is 1. The number of thiazole rings is 2. The molecule has 5 nitrogen and oxygen atoms in total. The third-order valence-corrected chi connectivity index (χ3v) is 5.24. The Morgan fingerprint density at radius 3 is 2.62 bits per heavy atom. The predicted octanol–water partition coefficient (Wildman–Crippen LogP) is 4.39. The molecule has 3 aromatic heterocycles. The summed E-state index contributed by atoms with van der Waals surface area (Å²) in [7, 11) is 0. The van der Waals surface area contributed by atoms with Gasteiger partial charge in [-0.2, -0.15) is 0 Å². The molecule has 1 aromatic carbocycles. The van der Waals surface area contributed by atoms with Gasteiger partial charge in [0.2, 0.25) is 0 Å². The number of carbonyl (C=O) groups is 1. The molecule has 0 saturated heterocycles. The molecular formula is C17H14N4OS2. The van der Waals surface area contributed by atoms with Crippen molar-refractivity contribution in [3.05, 3.63) is 57.6 Å². The monoisotopic (exact) mass is 354 g/mol. The molecule has 120 valence electrons. The minimum atomic E-state index is -0.157. The van der Waals surface area contributed by atoms with Crippen molar-refractivity contribution in [2.45, 2.75) is 13.8 Å². The maximum absolute atomic E-state index is 12.6. The molecule has 7 heteroatoms. The van der Waals surface area contributed by atoms with Crippen molar-refractivity contribution in [2.24, 2.45) is 0 Å². The van der Waals surface area contributed by atoms with E-state index in [2.05, 4.69) is 15.3 Å². The van der Waals surface area contributed by atoms with E-state index >= 15 is 0 Å². The molecule has 1 N–H and O–H groups in total. The number of rotatable bonds is 3. The summed E-state index contributed by atoms with van der Waals surface area (Å²) in [5, 5.41) is 7.93. The number of hydrogen-bond acceptors (Lipinski definition) is 5. The Kier molecular flexibility index (Phi) is 3.66. The van der Waals surface area contributed by atoms with Gasteiger partial charge in [0.25, 0.3) is 5.91 Å². The Labute approximate surface area is 146 Å². The van der Waals surface area contributed by atoms with Crippen molar-refractivity contribution < 1.29 is 4.79 Å². The lowest BCUT2D eigenvalue weighted by Gasteiger charge is -2.06. The normalized spacial score (nSPS) is 11.1. The van der Waals surface area contributed by atoms with Crippen LogP contribution in [0.4, 0.5) is 5.69 Å². The number of amides is 1. The highest BCUT2D eigenvalue weighted by Crippen LogP contribution is 2.24. The summed E-state index contributed by atoms with van der Waals surface area (Å²) < 4.78 is 1.82. The van der Waals surface area contributed by atoms with Gasteiger partial charge in [-0.15, -0.1) is 22.7 Å². The molecule has 1 amide bonds. The molecule has 0 aliphatic heterocycles. The Morgan fingerprint density at radius 2 is 1.92 bits per heavy atom. The van der Waals surface area contributed by atoms with Crippen LogP contribution in [0.5, 0.6) is 0 Å². The van der Waals surface area contributed by atoms with Crippen LogP contribution in [0.25, 0.3) is 16.2 Å². The van der Waals surface area contributed by atoms with Crippen molar-refractivity contribution in [3.63, 3.8) is 0 Å². The van der Waals surface area contributed by atoms with Crippen molar-refractivity contribution in [2.75, 3.05) is 5.32 Å². The second-order valence-corrected chi connectivity index (χ2v) is 7.32. The minimum absolute atomic E-state index is 0.157. The molecule has 0 bridgehead atoms. The van der Waals surface area contributed by atoms with Gasteiger partial charge in [0, 0.05) is 28.2 Å². The number of nitrogens with zero attached hydrogens (tertiary/aromatic N) is 3. The Hall–Kier alpha value is -2.51. The molecule has 4 rings (SSSR count). The number of aryl methyl sites for hydroxylation is 2. The van der Waals surface area contributed by atoms with Crippen LogP contribution in [0.3, 0.4) is 0 Å². The third-order valence-electron chi connectivity index (χ3n) is 3.71. The average molecular weight is 354 g/mol. The van der Waals surface area contributed by atoms with E-state index in [4.69, 9.17) is 0 Å². The van der Waals surface area contributed by atoms with Gasteiger partial charge >= 0.3 is 0 Å². The second kappa shape index (κ2) is 5.85. The third kappa shape index (κ3) is 2.61. The van der Waals surface area contributed by atoms with Crippen molar-refractivity contribution in [1.29, 1.82) is 0 Å². The van der Waals surface area contributed by atoms with Gasteiger partial charge < -0.3 is 5.32 Å². The van der Waals surface area contributed by atoms with E-state index < -0.39 is 0 Å². The summed E-state index contributed by atoms with van der Waals surface area (Å²) in [6.45, 7) is 3.84. The summed E-state index contributed by atoms with van der Waals surface area (Å²) in [5.41, 5.74) is 4.06. The summed E-state index contributed by atoms with van der Waals surface area (Å²) in [6.07, 6.45) is 1.86. The number of fused-ring (bicyclic) bond motifs is 1. The van der Waals surface area contributed by atoms with Gasteiger partial charge in [-0.3, -0.25) is 9.20 Å². The van der Waals surface area contributed by atoms with Gasteiger partial charge in [-0.25, -0.2) is 9.97 Å². The number of benzene rings is 1. The molecule has 0 atom stereocenters. The smallest absolute Gasteiger partial charge is 0.274 e. The standard InChI is InChI=1S/C17H14N4OS2/c1-10-15(21-7-8-23-17(21)18-10)16(22)20-13-5-3-12(4-6-13)14-9-24-11(2)19-14/h3-9H,1-2H3,(H,20,22). The van der Waals surface area contributed by atoms with E-state index in [1.807, 2.05) is 59.5 Å². The van der Waals surface area contributed by atoms with E-state index in [1.54, 1.807) is 11.3 Å². The Morgan fingerprint density at radius 1 is 1.12 bits per heavy atom. The van der Waals surface area contributed by atoms with Crippen LogP contribution in [0.2, 0.25) is 0 Å². The fourth-order valence-electron chi connectivity index (χ4n) is 2.58. The maximum Gasteiger partial charge on any atom is 0.274 e. The minimum Gasteiger partial charge on any atom is -0.321 e. The first-order valence-corrected chi connectivity index (χ1v) is 9.14. The Bertz CT molecular complexity index is 1030.